The standard InChI is InChI=1S/C15H26N2OS/c1-12-5-6-14(19-12)13(2)16-11-15(3,4)17-7-9-18-10-8-17/h5-6,13,16H,7-11H2,1-4H3. The molecule has 0 saturated carbocycles. The van der Waals surface area contributed by atoms with Crippen molar-refractivity contribution in [2.45, 2.75) is 39.3 Å². The van der Waals surface area contributed by atoms with E-state index in [2.05, 4.69) is 50.0 Å². The maximum atomic E-state index is 5.43. The molecule has 1 N–H and O–H groups in total. The minimum absolute atomic E-state index is 0.185. The van der Waals surface area contributed by atoms with Crippen LogP contribution in [0.4, 0.5) is 0 Å². The fourth-order valence-corrected chi connectivity index (χ4v) is 3.37. The normalized spacial score (nSPS) is 19.6. The molecule has 0 spiro atoms. The van der Waals surface area contributed by atoms with Gasteiger partial charge in [-0.05, 0) is 39.8 Å². The van der Waals surface area contributed by atoms with Crippen molar-refractivity contribution in [1.82, 2.24) is 10.2 Å². The average Bonchev–Trinajstić information content (AvgIpc) is 2.84. The summed E-state index contributed by atoms with van der Waals surface area (Å²) in [5, 5.41) is 3.68. The van der Waals surface area contributed by atoms with E-state index in [1.165, 1.54) is 9.75 Å². The van der Waals surface area contributed by atoms with Crippen molar-refractivity contribution in [2.24, 2.45) is 0 Å². The minimum atomic E-state index is 0.185. The molecular weight excluding hydrogens is 256 g/mol. The second kappa shape index (κ2) is 6.35. The van der Waals surface area contributed by atoms with E-state index in [1.807, 2.05) is 11.3 Å². The second-order valence-corrected chi connectivity index (χ2v) is 7.28. The number of thiophene rings is 1. The molecular formula is C15H26N2OS. The summed E-state index contributed by atoms with van der Waals surface area (Å²) < 4.78 is 5.43. The predicted molar refractivity (Wildman–Crippen MR) is 81.9 cm³/mol. The smallest absolute Gasteiger partial charge is 0.0594 e. The first-order valence-electron chi connectivity index (χ1n) is 7.11. The molecule has 0 radical (unpaired) electrons. The Morgan fingerprint density at radius 3 is 2.63 bits per heavy atom. The first-order valence-corrected chi connectivity index (χ1v) is 7.93. The van der Waals surface area contributed by atoms with Crippen LogP contribution in [-0.4, -0.2) is 43.3 Å². The molecule has 0 bridgehead atoms. The van der Waals surface area contributed by atoms with Crippen LogP contribution in [0.15, 0.2) is 12.1 Å². The predicted octanol–water partition coefficient (Wildman–Crippen LogP) is 2.82. The lowest BCUT2D eigenvalue weighted by Crippen LogP contribution is -2.54. The van der Waals surface area contributed by atoms with E-state index < -0.39 is 0 Å². The third-order valence-corrected chi connectivity index (χ3v) is 5.08. The lowest BCUT2D eigenvalue weighted by Gasteiger charge is -2.41. The van der Waals surface area contributed by atoms with Gasteiger partial charge in [-0.3, -0.25) is 4.90 Å². The van der Waals surface area contributed by atoms with E-state index in [1.54, 1.807) is 0 Å². The van der Waals surface area contributed by atoms with Gasteiger partial charge in [-0.15, -0.1) is 11.3 Å². The molecule has 0 aliphatic carbocycles. The van der Waals surface area contributed by atoms with E-state index in [9.17, 15) is 0 Å². The van der Waals surface area contributed by atoms with Gasteiger partial charge in [0.1, 0.15) is 0 Å². The second-order valence-electron chi connectivity index (χ2n) is 5.96. The van der Waals surface area contributed by atoms with E-state index >= 15 is 0 Å². The molecule has 1 aliphatic rings. The van der Waals surface area contributed by atoms with Crippen LogP contribution in [0.1, 0.15) is 36.6 Å². The zero-order chi connectivity index (χ0) is 13.9. The fourth-order valence-electron chi connectivity index (χ4n) is 2.47. The van der Waals surface area contributed by atoms with Gasteiger partial charge in [-0.2, -0.15) is 0 Å². The third-order valence-electron chi connectivity index (χ3n) is 3.90. The largest absolute Gasteiger partial charge is 0.379 e. The Morgan fingerprint density at radius 1 is 1.37 bits per heavy atom. The molecule has 1 aliphatic heterocycles. The summed E-state index contributed by atoms with van der Waals surface area (Å²) in [6, 6.07) is 4.86. The van der Waals surface area contributed by atoms with Gasteiger partial charge in [0, 0.05) is 41.0 Å². The van der Waals surface area contributed by atoms with E-state index in [0.29, 0.717) is 6.04 Å². The molecule has 3 nitrogen and oxygen atoms in total. The van der Waals surface area contributed by atoms with Crippen LogP contribution in [0.25, 0.3) is 0 Å². The Kier molecular flexibility index (Phi) is 5.01. The van der Waals surface area contributed by atoms with Crippen molar-refractivity contribution >= 4 is 11.3 Å². The number of rotatable bonds is 5. The first kappa shape index (κ1) is 15.0. The fraction of sp³-hybridized carbons (Fsp3) is 0.733. The maximum Gasteiger partial charge on any atom is 0.0594 e. The number of hydrogen-bond donors (Lipinski definition) is 1. The molecule has 1 aromatic rings. The lowest BCUT2D eigenvalue weighted by molar-refractivity contribution is -0.0102. The highest BCUT2D eigenvalue weighted by Crippen LogP contribution is 2.23. The number of nitrogens with zero attached hydrogens (tertiary/aromatic N) is 1. The Morgan fingerprint density at radius 2 is 2.05 bits per heavy atom. The Balaban J connectivity index is 1.86. The molecule has 4 heteroatoms. The van der Waals surface area contributed by atoms with E-state index in [4.69, 9.17) is 4.74 Å². The Hall–Kier alpha value is -0.420. The molecule has 2 rings (SSSR count). The number of aryl methyl sites for hydroxylation is 1. The SMILES string of the molecule is Cc1ccc(C(C)NCC(C)(C)N2CCOCC2)s1. The third kappa shape index (κ3) is 4.02. The average molecular weight is 282 g/mol. The van der Waals surface area contributed by atoms with Crippen LogP contribution in [-0.2, 0) is 4.74 Å². The zero-order valence-corrected chi connectivity index (χ0v) is 13.3. The molecule has 1 fully saturated rings. The topological polar surface area (TPSA) is 24.5 Å². The Labute approximate surface area is 121 Å². The highest BCUT2D eigenvalue weighted by Gasteiger charge is 2.28. The van der Waals surface area contributed by atoms with Crippen LogP contribution in [0.5, 0.6) is 0 Å². The molecule has 2 heterocycles. The molecule has 0 amide bonds. The molecule has 0 aromatic carbocycles. The highest BCUT2D eigenvalue weighted by atomic mass is 32.1. The van der Waals surface area contributed by atoms with Crippen LogP contribution in [0, 0.1) is 6.92 Å². The van der Waals surface area contributed by atoms with Crippen molar-refractivity contribution in [3.8, 4) is 0 Å². The van der Waals surface area contributed by atoms with Gasteiger partial charge in [-0.1, -0.05) is 0 Å². The van der Waals surface area contributed by atoms with Gasteiger partial charge in [0.25, 0.3) is 0 Å². The minimum Gasteiger partial charge on any atom is -0.379 e. The summed E-state index contributed by atoms with van der Waals surface area (Å²) in [6.07, 6.45) is 0. The van der Waals surface area contributed by atoms with Crippen molar-refractivity contribution in [1.29, 1.82) is 0 Å². The number of ether oxygens (including phenoxy) is 1. The van der Waals surface area contributed by atoms with Crippen LogP contribution < -0.4 is 5.32 Å². The van der Waals surface area contributed by atoms with Gasteiger partial charge in [0.15, 0.2) is 0 Å². The number of nitrogens with one attached hydrogen (secondary N) is 1. The van der Waals surface area contributed by atoms with Gasteiger partial charge < -0.3 is 10.1 Å². The summed E-state index contributed by atoms with van der Waals surface area (Å²) in [4.78, 5) is 5.34. The zero-order valence-electron chi connectivity index (χ0n) is 12.5. The van der Waals surface area contributed by atoms with Crippen LogP contribution in [0.3, 0.4) is 0 Å². The van der Waals surface area contributed by atoms with Gasteiger partial charge in [0.05, 0.1) is 13.2 Å². The highest BCUT2D eigenvalue weighted by molar-refractivity contribution is 7.12. The molecule has 1 aromatic heterocycles. The van der Waals surface area contributed by atoms with Crippen molar-refractivity contribution in [3.63, 3.8) is 0 Å². The number of hydrogen-bond acceptors (Lipinski definition) is 4. The summed E-state index contributed by atoms with van der Waals surface area (Å²) in [7, 11) is 0. The Bertz CT molecular complexity index is 397. The number of morpholine rings is 1. The quantitative estimate of drug-likeness (QED) is 0.899. The van der Waals surface area contributed by atoms with Gasteiger partial charge >= 0.3 is 0 Å². The summed E-state index contributed by atoms with van der Waals surface area (Å²) >= 11 is 1.89. The van der Waals surface area contributed by atoms with E-state index in [-0.39, 0.29) is 5.54 Å². The van der Waals surface area contributed by atoms with Crippen molar-refractivity contribution in [2.75, 3.05) is 32.8 Å². The van der Waals surface area contributed by atoms with Gasteiger partial charge in [0.2, 0.25) is 0 Å². The van der Waals surface area contributed by atoms with Crippen LogP contribution >= 0.6 is 11.3 Å². The summed E-state index contributed by atoms with van der Waals surface area (Å²) in [5.41, 5.74) is 0.185. The van der Waals surface area contributed by atoms with Crippen molar-refractivity contribution < 1.29 is 4.74 Å². The van der Waals surface area contributed by atoms with Gasteiger partial charge in [-0.25, -0.2) is 0 Å². The lowest BCUT2D eigenvalue weighted by atomic mass is 10.0. The molecule has 1 atom stereocenters. The maximum absolute atomic E-state index is 5.43. The summed E-state index contributed by atoms with van der Waals surface area (Å²) in [6.45, 7) is 13.9. The summed E-state index contributed by atoms with van der Waals surface area (Å²) in [5.74, 6) is 0. The molecule has 1 saturated heterocycles. The monoisotopic (exact) mass is 282 g/mol. The van der Waals surface area contributed by atoms with E-state index in [0.717, 1.165) is 32.8 Å². The first-order chi connectivity index (χ1) is 8.99. The molecule has 19 heavy (non-hydrogen) atoms. The van der Waals surface area contributed by atoms with Crippen LogP contribution in [0.2, 0.25) is 0 Å². The van der Waals surface area contributed by atoms with Crippen molar-refractivity contribution in [3.05, 3.63) is 21.9 Å². The molecule has 108 valence electrons. The molecule has 1 unspecified atom stereocenters.